The predicted molar refractivity (Wildman–Crippen MR) is 79.5 cm³/mol. The molecule has 1 aliphatic carbocycles. The highest BCUT2D eigenvalue weighted by atomic mass is 32.2. The average Bonchev–Trinajstić information content (AvgIpc) is 2.86. The molecule has 1 atom stereocenters. The molecule has 1 saturated carbocycles. The van der Waals surface area contributed by atoms with Crippen LogP contribution in [0.15, 0.2) is 18.2 Å². The largest absolute Gasteiger partial charge is 0.397 e. The van der Waals surface area contributed by atoms with Gasteiger partial charge in [0.25, 0.3) is 0 Å². The van der Waals surface area contributed by atoms with Crippen molar-refractivity contribution in [2.24, 2.45) is 0 Å². The highest BCUT2D eigenvalue weighted by Gasteiger charge is 2.23. The van der Waals surface area contributed by atoms with Crippen molar-refractivity contribution in [2.45, 2.75) is 37.9 Å². The minimum atomic E-state index is -1.06. The molecule has 1 aromatic carbocycles. The molecule has 1 aromatic rings. The lowest BCUT2D eigenvalue weighted by Gasteiger charge is -2.11. The van der Waals surface area contributed by atoms with Gasteiger partial charge in [-0.3, -0.25) is 9.00 Å². The normalized spacial score (nSPS) is 17.3. The summed E-state index contributed by atoms with van der Waals surface area (Å²) in [5, 5.41) is 2.93. The highest BCUT2D eigenvalue weighted by Crippen LogP contribution is 2.23. The molecule has 104 valence electrons. The van der Waals surface area contributed by atoms with E-state index in [0.29, 0.717) is 11.4 Å². The van der Waals surface area contributed by atoms with Crippen molar-refractivity contribution in [1.29, 1.82) is 0 Å². The van der Waals surface area contributed by atoms with Crippen LogP contribution in [0.5, 0.6) is 0 Å². The molecule has 1 amide bonds. The third-order valence-corrected chi connectivity index (χ3v) is 5.19. The average molecular weight is 280 g/mol. The van der Waals surface area contributed by atoms with Crippen LogP contribution in [0.1, 0.15) is 31.2 Å². The zero-order chi connectivity index (χ0) is 13.8. The van der Waals surface area contributed by atoms with Gasteiger partial charge in [-0.2, -0.15) is 0 Å². The molecule has 1 aliphatic rings. The van der Waals surface area contributed by atoms with Crippen LogP contribution in [-0.2, 0) is 15.6 Å². The number of aryl methyl sites for hydroxylation is 1. The highest BCUT2D eigenvalue weighted by molar-refractivity contribution is 7.86. The Labute approximate surface area is 116 Å². The summed E-state index contributed by atoms with van der Waals surface area (Å²) in [5.41, 5.74) is 8.02. The van der Waals surface area contributed by atoms with Gasteiger partial charge in [-0.25, -0.2) is 0 Å². The predicted octanol–water partition coefficient (Wildman–Crippen LogP) is 2.21. The molecule has 4 nitrogen and oxygen atoms in total. The summed E-state index contributed by atoms with van der Waals surface area (Å²) < 4.78 is 12.0. The van der Waals surface area contributed by atoms with Crippen LogP contribution in [0.3, 0.4) is 0 Å². The van der Waals surface area contributed by atoms with Crippen LogP contribution in [0, 0.1) is 6.92 Å². The van der Waals surface area contributed by atoms with Crippen molar-refractivity contribution in [3.63, 3.8) is 0 Å². The Morgan fingerprint density at radius 3 is 2.74 bits per heavy atom. The van der Waals surface area contributed by atoms with Crippen molar-refractivity contribution in [2.75, 3.05) is 16.8 Å². The number of benzene rings is 1. The lowest BCUT2D eigenvalue weighted by molar-refractivity contribution is -0.113. The number of nitrogen functional groups attached to an aromatic ring is 1. The molecule has 0 radical (unpaired) electrons. The minimum absolute atomic E-state index is 0.0674. The van der Waals surface area contributed by atoms with Gasteiger partial charge in [0.05, 0.1) is 11.4 Å². The molecule has 3 N–H and O–H groups in total. The van der Waals surface area contributed by atoms with Crippen LogP contribution in [-0.4, -0.2) is 21.1 Å². The minimum Gasteiger partial charge on any atom is -0.397 e. The molecule has 0 spiro atoms. The molecule has 0 bridgehead atoms. The third kappa shape index (κ3) is 3.80. The molecule has 1 fully saturated rings. The van der Waals surface area contributed by atoms with Crippen molar-refractivity contribution in [1.82, 2.24) is 0 Å². The van der Waals surface area contributed by atoms with E-state index in [2.05, 4.69) is 5.32 Å². The molecule has 1 unspecified atom stereocenters. The van der Waals surface area contributed by atoms with Gasteiger partial charge >= 0.3 is 0 Å². The first-order valence-electron chi connectivity index (χ1n) is 6.59. The maximum Gasteiger partial charge on any atom is 0.237 e. The third-order valence-electron chi connectivity index (χ3n) is 3.43. The number of hydrogen-bond donors (Lipinski definition) is 2. The molecule has 19 heavy (non-hydrogen) atoms. The summed E-state index contributed by atoms with van der Waals surface area (Å²) in [5.74, 6) is -0.154. The van der Waals surface area contributed by atoms with E-state index in [9.17, 15) is 9.00 Å². The standard InChI is InChI=1S/C14H20N2O2S/c1-10-6-7-13(12(15)8-10)16-14(17)9-19(18)11-4-2-3-5-11/h6-8,11H,2-5,9,15H2,1H3,(H,16,17). The van der Waals surface area contributed by atoms with Gasteiger partial charge in [-0.15, -0.1) is 0 Å². The van der Waals surface area contributed by atoms with Gasteiger partial charge in [0.2, 0.25) is 5.91 Å². The number of rotatable bonds is 4. The van der Waals surface area contributed by atoms with E-state index in [0.717, 1.165) is 31.2 Å². The number of nitrogens with two attached hydrogens (primary N) is 1. The molecular weight excluding hydrogens is 260 g/mol. The van der Waals surface area contributed by atoms with E-state index in [1.807, 2.05) is 19.1 Å². The van der Waals surface area contributed by atoms with Crippen molar-refractivity contribution in [3.05, 3.63) is 23.8 Å². The van der Waals surface area contributed by atoms with E-state index in [1.165, 1.54) is 0 Å². The maximum atomic E-state index is 12.0. The Morgan fingerprint density at radius 1 is 1.42 bits per heavy atom. The quantitative estimate of drug-likeness (QED) is 0.831. The second-order valence-corrected chi connectivity index (χ2v) is 6.79. The zero-order valence-electron chi connectivity index (χ0n) is 11.1. The Hall–Kier alpha value is -1.36. The van der Waals surface area contributed by atoms with Gasteiger partial charge in [0, 0.05) is 16.0 Å². The topological polar surface area (TPSA) is 72.2 Å². The van der Waals surface area contributed by atoms with Gasteiger partial charge in [0.1, 0.15) is 5.75 Å². The number of anilines is 2. The number of carbonyl (C=O) groups excluding carboxylic acids is 1. The van der Waals surface area contributed by atoms with Crippen molar-refractivity contribution in [3.8, 4) is 0 Å². The Balaban J connectivity index is 1.91. The van der Waals surface area contributed by atoms with Gasteiger partial charge in [-0.05, 0) is 37.5 Å². The van der Waals surface area contributed by atoms with Gasteiger partial charge < -0.3 is 11.1 Å². The van der Waals surface area contributed by atoms with Gasteiger partial charge in [-0.1, -0.05) is 18.9 Å². The second-order valence-electron chi connectivity index (χ2n) is 5.07. The summed E-state index contributed by atoms with van der Waals surface area (Å²) in [6, 6.07) is 5.48. The van der Waals surface area contributed by atoms with E-state index in [-0.39, 0.29) is 16.9 Å². The van der Waals surface area contributed by atoms with Crippen molar-refractivity contribution < 1.29 is 9.00 Å². The van der Waals surface area contributed by atoms with Crippen LogP contribution < -0.4 is 11.1 Å². The van der Waals surface area contributed by atoms with Gasteiger partial charge in [0.15, 0.2) is 0 Å². The molecule has 0 heterocycles. The lowest BCUT2D eigenvalue weighted by Crippen LogP contribution is -2.25. The maximum absolute atomic E-state index is 12.0. The Morgan fingerprint density at radius 2 is 2.11 bits per heavy atom. The number of amides is 1. The zero-order valence-corrected chi connectivity index (χ0v) is 12.0. The smallest absolute Gasteiger partial charge is 0.237 e. The second kappa shape index (κ2) is 6.19. The summed E-state index contributed by atoms with van der Waals surface area (Å²) in [4.78, 5) is 11.9. The lowest BCUT2D eigenvalue weighted by atomic mass is 10.2. The molecule has 2 rings (SSSR count). The first-order valence-corrected chi connectivity index (χ1v) is 7.97. The summed E-state index contributed by atoms with van der Waals surface area (Å²) in [6.07, 6.45) is 4.21. The van der Waals surface area contributed by atoms with E-state index >= 15 is 0 Å². The fourth-order valence-corrected chi connectivity index (χ4v) is 3.81. The Bertz CT molecular complexity index is 496. The monoisotopic (exact) mass is 280 g/mol. The van der Waals surface area contributed by atoms with Crippen LogP contribution in [0.2, 0.25) is 0 Å². The molecule has 0 aliphatic heterocycles. The summed E-state index contributed by atoms with van der Waals surface area (Å²) in [6.45, 7) is 1.94. The summed E-state index contributed by atoms with van der Waals surface area (Å²) in [7, 11) is -1.06. The van der Waals surface area contributed by atoms with E-state index < -0.39 is 10.8 Å². The fraction of sp³-hybridized carbons (Fsp3) is 0.500. The van der Waals surface area contributed by atoms with Crippen molar-refractivity contribution >= 4 is 28.1 Å². The number of nitrogens with one attached hydrogen (secondary N) is 1. The fourth-order valence-electron chi connectivity index (χ4n) is 2.38. The number of carbonyl (C=O) groups is 1. The van der Waals surface area contributed by atoms with Crippen LogP contribution in [0.4, 0.5) is 11.4 Å². The first-order chi connectivity index (χ1) is 9.06. The van der Waals surface area contributed by atoms with E-state index in [4.69, 9.17) is 5.73 Å². The van der Waals surface area contributed by atoms with E-state index in [1.54, 1.807) is 6.07 Å². The van der Waals surface area contributed by atoms with Crippen LogP contribution >= 0.6 is 0 Å². The van der Waals surface area contributed by atoms with Crippen LogP contribution in [0.25, 0.3) is 0 Å². The SMILES string of the molecule is Cc1ccc(NC(=O)CS(=O)C2CCCC2)c(N)c1. The molecule has 5 heteroatoms. The molecule has 0 aromatic heterocycles. The first kappa shape index (κ1) is 14.1. The molecule has 0 saturated heterocycles. The molecular formula is C14H20N2O2S. The number of hydrogen-bond acceptors (Lipinski definition) is 3. The summed E-state index contributed by atoms with van der Waals surface area (Å²) >= 11 is 0. The Kier molecular flexibility index (Phi) is 4.58.